The van der Waals surface area contributed by atoms with Crippen LogP contribution < -0.4 is 15.2 Å². The van der Waals surface area contributed by atoms with Crippen molar-refractivity contribution in [2.45, 2.75) is 38.2 Å². The average molecular weight is 402 g/mol. The van der Waals surface area contributed by atoms with Crippen molar-refractivity contribution in [3.05, 3.63) is 40.3 Å². The molecule has 1 aromatic heterocycles. The molecule has 0 radical (unpaired) electrons. The molecule has 1 aromatic carbocycles. The molecule has 29 heavy (non-hydrogen) atoms. The number of hydrogen-bond donors (Lipinski definition) is 0. The van der Waals surface area contributed by atoms with Gasteiger partial charge in [0.05, 0.1) is 6.10 Å². The van der Waals surface area contributed by atoms with E-state index in [1.54, 1.807) is 18.8 Å². The monoisotopic (exact) mass is 402 g/mol. The van der Waals surface area contributed by atoms with Gasteiger partial charge in [0.1, 0.15) is 18.9 Å². The Hall–Kier alpha value is -2.42. The molecule has 2 aliphatic rings. The number of hydrogen-bond acceptors (Lipinski definition) is 7. The predicted molar refractivity (Wildman–Crippen MR) is 105 cm³/mol. The van der Waals surface area contributed by atoms with E-state index in [0.29, 0.717) is 24.6 Å². The summed E-state index contributed by atoms with van der Waals surface area (Å²) in [4.78, 5) is 16.9. The minimum Gasteiger partial charge on any atom is -0.481 e. The van der Waals surface area contributed by atoms with Gasteiger partial charge in [0.15, 0.2) is 6.29 Å². The summed E-state index contributed by atoms with van der Waals surface area (Å²) in [7, 11) is 3.09. The van der Waals surface area contributed by atoms with Crippen molar-refractivity contribution >= 4 is 0 Å². The van der Waals surface area contributed by atoms with Crippen molar-refractivity contribution in [2.75, 3.05) is 34.0 Å². The number of nitrogens with zero attached hydrogens (tertiary/aromatic N) is 2. The van der Waals surface area contributed by atoms with Gasteiger partial charge in [0, 0.05) is 32.9 Å². The third-order valence-electron chi connectivity index (χ3n) is 5.30. The molecule has 4 rings (SSSR count). The summed E-state index contributed by atoms with van der Waals surface area (Å²) in [5, 5.41) is 0. The van der Waals surface area contributed by atoms with Gasteiger partial charge in [-0.3, -0.25) is 4.57 Å². The van der Waals surface area contributed by atoms with Crippen molar-refractivity contribution in [3.63, 3.8) is 0 Å². The van der Waals surface area contributed by atoms with E-state index in [-0.39, 0.29) is 24.3 Å². The van der Waals surface area contributed by atoms with Crippen LogP contribution in [0.5, 0.6) is 11.6 Å². The van der Waals surface area contributed by atoms with Gasteiger partial charge in [-0.05, 0) is 24.8 Å². The molecule has 0 N–H and O–H groups in total. The Bertz CT molecular complexity index is 903. The van der Waals surface area contributed by atoms with Crippen molar-refractivity contribution in [2.24, 2.45) is 0 Å². The van der Waals surface area contributed by atoms with Gasteiger partial charge in [0.2, 0.25) is 5.75 Å². The van der Waals surface area contributed by atoms with Crippen LogP contribution in [0.15, 0.2) is 29.1 Å². The first-order valence-corrected chi connectivity index (χ1v) is 9.87. The first-order valence-electron chi connectivity index (χ1n) is 9.87. The van der Waals surface area contributed by atoms with Crippen LogP contribution in [-0.2, 0) is 27.2 Å². The van der Waals surface area contributed by atoms with Crippen molar-refractivity contribution in [1.82, 2.24) is 9.55 Å². The van der Waals surface area contributed by atoms with E-state index in [2.05, 4.69) is 11.1 Å². The lowest BCUT2D eigenvalue weighted by Gasteiger charge is -2.26. The maximum absolute atomic E-state index is 12.7. The summed E-state index contributed by atoms with van der Waals surface area (Å²) in [6.45, 7) is 1.73. The number of aromatic nitrogens is 2. The zero-order valence-electron chi connectivity index (χ0n) is 16.8. The second-order valence-electron chi connectivity index (χ2n) is 7.09. The molecule has 2 aliphatic heterocycles. The number of benzene rings is 1. The fraction of sp³-hybridized carbons (Fsp3) is 0.524. The van der Waals surface area contributed by atoms with E-state index < -0.39 is 6.29 Å². The Morgan fingerprint density at radius 2 is 2.07 bits per heavy atom. The highest BCUT2D eigenvalue weighted by molar-refractivity contribution is 5.73. The van der Waals surface area contributed by atoms with E-state index in [9.17, 15) is 4.79 Å². The molecule has 1 fully saturated rings. The summed E-state index contributed by atoms with van der Waals surface area (Å²) in [6.07, 6.45) is 2.15. The Kier molecular flexibility index (Phi) is 6.13. The van der Waals surface area contributed by atoms with Gasteiger partial charge in [-0.15, -0.1) is 0 Å². The maximum Gasteiger partial charge on any atom is 0.351 e. The second-order valence-corrected chi connectivity index (χ2v) is 7.09. The van der Waals surface area contributed by atoms with E-state index in [1.807, 2.05) is 18.2 Å². The summed E-state index contributed by atoms with van der Waals surface area (Å²) >= 11 is 0. The number of ether oxygens (including phenoxy) is 5. The first-order chi connectivity index (χ1) is 14.2. The van der Waals surface area contributed by atoms with Gasteiger partial charge in [-0.2, -0.15) is 4.98 Å². The number of fused-ring (bicyclic) bond motifs is 3. The molecule has 0 bridgehead atoms. The second kappa shape index (κ2) is 8.94. The predicted octanol–water partition coefficient (Wildman–Crippen LogP) is 2.02. The van der Waals surface area contributed by atoms with Gasteiger partial charge in [0.25, 0.3) is 5.88 Å². The summed E-state index contributed by atoms with van der Waals surface area (Å²) < 4.78 is 29.8. The molecular formula is C21H26N2O6. The highest BCUT2D eigenvalue weighted by Gasteiger charge is 2.28. The lowest BCUT2D eigenvalue weighted by molar-refractivity contribution is -0.122. The summed E-state index contributed by atoms with van der Waals surface area (Å²) in [5.41, 5.74) is 2.43. The molecule has 3 heterocycles. The molecule has 8 heteroatoms. The molecule has 8 nitrogen and oxygen atoms in total. The SMILES string of the molecule is COC(COc1c(OCC2CCCO2)nc(=O)n2c1-c1ccccc1CC2)OC. The van der Waals surface area contributed by atoms with E-state index in [4.69, 9.17) is 23.7 Å². The topological polar surface area (TPSA) is 81.0 Å². The average Bonchev–Trinajstić information content (AvgIpc) is 3.27. The van der Waals surface area contributed by atoms with Gasteiger partial charge in [-0.1, -0.05) is 24.3 Å². The molecule has 1 saturated heterocycles. The van der Waals surface area contributed by atoms with Gasteiger partial charge in [-0.25, -0.2) is 4.79 Å². The van der Waals surface area contributed by atoms with Crippen LogP contribution >= 0.6 is 0 Å². The lowest BCUT2D eigenvalue weighted by atomic mass is 9.97. The van der Waals surface area contributed by atoms with E-state index >= 15 is 0 Å². The standard InChI is InChI=1S/C21H26N2O6/c1-25-17(26-2)13-28-19-18-16-8-4-3-6-14(16)9-10-23(18)21(24)22-20(19)29-12-15-7-5-11-27-15/h3-4,6,8,15,17H,5,7,9-13H2,1-2H3. The van der Waals surface area contributed by atoms with Crippen LogP contribution in [-0.4, -0.2) is 56.0 Å². The van der Waals surface area contributed by atoms with E-state index in [1.165, 1.54) is 0 Å². The summed E-state index contributed by atoms with van der Waals surface area (Å²) in [5.74, 6) is 0.605. The number of methoxy groups -OCH3 is 2. The van der Waals surface area contributed by atoms with Crippen LogP contribution in [0.1, 0.15) is 18.4 Å². The smallest absolute Gasteiger partial charge is 0.351 e. The zero-order valence-corrected chi connectivity index (χ0v) is 16.8. The third-order valence-corrected chi connectivity index (χ3v) is 5.30. The van der Waals surface area contributed by atoms with Gasteiger partial charge >= 0.3 is 5.69 Å². The van der Waals surface area contributed by atoms with Crippen LogP contribution in [0, 0.1) is 0 Å². The fourth-order valence-corrected chi connectivity index (χ4v) is 3.75. The van der Waals surface area contributed by atoms with Crippen LogP contribution in [0.2, 0.25) is 0 Å². The van der Waals surface area contributed by atoms with Crippen LogP contribution in [0.4, 0.5) is 0 Å². The largest absolute Gasteiger partial charge is 0.481 e. The molecule has 0 aliphatic carbocycles. The first kappa shape index (κ1) is 19.9. The molecule has 0 saturated carbocycles. The van der Waals surface area contributed by atoms with E-state index in [0.717, 1.165) is 37.0 Å². The minimum absolute atomic E-state index is 0.00132. The van der Waals surface area contributed by atoms with Crippen molar-refractivity contribution in [1.29, 1.82) is 0 Å². The zero-order chi connectivity index (χ0) is 20.2. The molecule has 156 valence electrons. The summed E-state index contributed by atoms with van der Waals surface area (Å²) in [6, 6.07) is 7.99. The normalized spacial score (nSPS) is 17.8. The Morgan fingerprint density at radius 1 is 1.24 bits per heavy atom. The van der Waals surface area contributed by atoms with Crippen molar-refractivity contribution < 1.29 is 23.7 Å². The highest BCUT2D eigenvalue weighted by Crippen LogP contribution is 2.40. The lowest BCUT2D eigenvalue weighted by Crippen LogP contribution is -2.31. The maximum atomic E-state index is 12.7. The Labute approximate surface area is 169 Å². The van der Waals surface area contributed by atoms with Gasteiger partial charge < -0.3 is 23.7 Å². The molecule has 0 spiro atoms. The minimum atomic E-state index is -0.549. The molecule has 1 unspecified atom stereocenters. The Morgan fingerprint density at radius 3 is 2.83 bits per heavy atom. The van der Waals surface area contributed by atoms with Crippen LogP contribution in [0.3, 0.4) is 0 Å². The quantitative estimate of drug-likeness (QED) is 0.625. The molecular weight excluding hydrogens is 376 g/mol. The number of aryl methyl sites for hydroxylation is 1. The third kappa shape index (κ3) is 4.14. The van der Waals surface area contributed by atoms with Crippen LogP contribution in [0.25, 0.3) is 11.3 Å². The molecule has 0 amide bonds. The van der Waals surface area contributed by atoms with Crippen molar-refractivity contribution in [3.8, 4) is 22.9 Å². The molecule has 1 atom stereocenters. The Balaban J connectivity index is 1.74. The number of rotatable bonds is 8. The fourth-order valence-electron chi connectivity index (χ4n) is 3.75. The molecule has 2 aromatic rings. The highest BCUT2D eigenvalue weighted by atomic mass is 16.7.